The molecule has 8 heteroatoms. The minimum Gasteiger partial charge on any atom is -0.462 e. The highest BCUT2D eigenvalue weighted by Crippen LogP contribution is 2.12. The molecular formula is C12H19N3O4S. The zero-order valence-corrected chi connectivity index (χ0v) is 12.4. The van der Waals surface area contributed by atoms with E-state index >= 15 is 0 Å². The number of hydrogen-bond donors (Lipinski definition) is 2. The van der Waals surface area contributed by atoms with Gasteiger partial charge in [0, 0.05) is 19.3 Å². The Bertz CT molecular complexity index is 545. The summed E-state index contributed by atoms with van der Waals surface area (Å²) >= 11 is 0. The summed E-state index contributed by atoms with van der Waals surface area (Å²) < 4.78 is 29.1. The fourth-order valence-corrected chi connectivity index (χ4v) is 1.99. The normalized spacial score (nSPS) is 11.1. The van der Waals surface area contributed by atoms with Crippen LogP contribution in [0.25, 0.3) is 0 Å². The molecule has 0 aliphatic rings. The van der Waals surface area contributed by atoms with Crippen molar-refractivity contribution in [2.45, 2.75) is 13.3 Å². The van der Waals surface area contributed by atoms with E-state index in [-0.39, 0.29) is 0 Å². The minimum absolute atomic E-state index is 0.297. The van der Waals surface area contributed by atoms with Crippen LogP contribution in [0, 0.1) is 0 Å². The third-order valence-corrected chi connectivity index (χ3v) is 3.04. The Kier molecular flexibility index (Phi) is 6.40. The van der Waals surface area contributed by atoms with Crippen LogP contribution in [-0.2, 0) is 14.8 Å². The summed E-state index contributed by atoms with van der Waals surface area (Å²) in [6, 6.07) is 3.28. The van der Waals surface area contributed by atoms with Gasteiger partial charge >= 0.3 is 5.97 Å². The van der Waals surface area contributed by atoms with Gasteiger partial charge in [-0.1, -0.05) is 0 Å². The van der Waals surface area contributed by atoms with E-state index in [1.165, 1.54) is 0 Å². The standard InChI is InChI=1S/C12H19N3O4S/c1-3-19-12(16)10-6-4-7-13-11(10)14-8-5-9-15-20(2,17)18/h4,6-7,15H,3,5,8-9H2,1-2H3,(H,13,14). The van der Waals surface area contributed by atoms with Crippen LogP contribution in [0.5, 0.6) is 0 Å². The molecule has 0 bridgehead atoms. The Morgan fingerprint density at radius 2 is 2.15 bits per heavy atom. The molecule has 20 heavy (non-hydrogen) atoms. The van der Waals surface area contributed by atoms with Crippen molar-refractivity contribution in [1.82, 2.24) is 9.71 Å². The number of nitrogens with zero attached hydrogens (tertiary/aromatic N) is 1. The number of aromatic nitrogens is 1. The smallest absolute Gasteiger partial charge is 0.341 e. The number of rotatable bonds is 8. The van der Waals surface area contributed by atoms with Crippen LogP contribution >= 0.6 is 0 Å². The summed E-state index contributed by atoms with van der Waals surface area (Å²) in [7, 11) is -3.17. The molecule has 1 aromatic heterocycles. The van der Waals surface area contributed by atoms with Crippen LogP contribution in [0.2, 0.25) is 0 Å². The van der Waals surface area contributed by atoms with Crippen LogP contribution in [0.4, 0.5) is 5.82 Å². The molecule has 0 radical (unpaired) electrons. The van der Waals surface area contributed by atoms with E-state index in [1.54, 1.807) is 25.3 Å². The van der Waals surface area contributed by atoms with E-state index < -0.39 is 16.0 Å². The van der Waals surface area contributed by atoms with Gasteiger partial charge in [0.2, 0.25) is 10.0 Å². The highest BCUT2D eigenvalue weighted by molar-refractivity contribution is 7.88. The number of carbonyl (C=O) groups excluding carboxylic acids is 1. The Labute approximate surface area is 118 Å². The molecule has 0 amide bonds. The second kappa shape index (κ2) is 7.81. The highest BCUT2D eigenvalue weighted by atomic mass is 32.2. The zero-order valence-electron chi connectivity index (χ0n) is 11.5. The van der Waals surface area contributed by atoms with Crippen molar-refractivity contribution in [3.63, 3.8) is 0 Å². The van der Waals surface area contributed by atoms with Crippen LogP contribution in [-0.4, -0.2) is 45.3 Å². The fourth-order valence-electron chi connectivity index (χ4n) is 1.47. The molecular weight excluding hydrogens is 282 g/mol. The molecule has 1 heterocycles. The molecule has 0 aliphatic carbocycles. The van der Waals surface area contributed by atoms with Crippen LogP contribution in [0.3, 0.4) is 0 Å². The maximum atomic E-state index is 11.7. The molecule has 1 rings (SSSR count). The lowest BCUT2D eigenvalue weighted by Crippen LogP contribution is -2.24. The molecule has 0 saturated carbocycles. The van der Waals surface area contributed by atoms with Crippen molar-refractivity contribution in [2.24, 2.45) is 0 Å². The number of nitrogens with one attached hydrogen (secondary N) is 2. The van der Waals surface area contributed by atoms with E-state index in [4.69, 9.17) is 4.74 Å². The van der Waals surface area contributed by atoms with E-state index in [9.17, 15) is 13.2 Å². The Hall–Kier alpha value is -1.67. The molecule has 0 aliphatic heterocycles. The SMILES string of the molecule is CCOC(=O)c1cccnc1NCCCNS(C)(=O)=O. The molecule has 1 aromatic rings. The summed E-state index contributed by atoms with van der Waals surface area (Å²) in [6.45, 7) is 2.85. The van der Waals surface area contributed by atoms with E-state index in [1.807, 2.05) is 0 Å². The van der Waals surface area contributed by atoms with Gasteiger partial charge in [-0.15, -0.1) is 0 Å². The number of hydrogen-bond acceptors (Lipinski definition) is 6. The predicted octanol–water partition coefficient (Wildman–Crippen LogP) is 0.609. The first-order valence-corrected chi connectivity index (χ1v) is 8.14. The average molecular weight is 301 g/mol. The number of ether oxygens (including phenoxy) is 1. The highest BCUT2D eigenvalue weighted by Gasteiger charge is 2.12. The van der Waals surface area contributed by atoms with Crippen molar-refractivity contribution in [3.05, 3.63) is 23.9 Å². The van der Waals surface area contributed by atoms with Crippen molar-refractivity contribution < 1.29 is 17.9 Å². The van der Waals surface area contributed by atoms with E-state index in [2.05, 4.69) is 15.0 Å². The van der Waals surface area contributed by atoms with Crippen molar-refractivity contribution >= 4 is 21.8 Å². The number of esters is 1. The summed E-state index contributed by atoms with van der Waals surface area (Å²) in [5.41, 5.74) is 0.366. The van der Waals surface area contributed by atoms with Gasteiger partial charge in [-0.3, -0.25) is 0 Å². The number of pyridine rings is 1. The second-order valence-electron chi connectivity index (χ2n) is 4.07. The van der Waals surface area contributed by atoms with Crippen molar-refractivity contribution in [1.29, 1.82) is 0 Å². The second-order valence-corrected chi connectivity index (χ2v) is 5.90. The molecule has 112 valence electrons. The molecule has 0 spiro atoms. The van der Waals surface area contributed by atoms with Gasteiger partial charge in [0.15, 0.2) is 0 Å². The Balaban J connectivity index is 2.50. The lowest BCUT2D eigenvalue weighted by Gasteiger charge is -2.10. The predicted molar refractivity (Wildman–Crippen MR) is 76.1 cm³/mol. The van der Waals surface area contributed by atoms with Gasteiger partial charge in [0.1, 0.15) is 11.4 Å². The third kappa shape index (κ3) is 5.98. The van der Waals surface area contributed by atoms with Gasteiger partial charge in [-0.2, -0.15) is 0 Å². The van der Waals surface area contributed by atoms with Gasteiger partial charge in [0.05, 0.1) is 12.9 Å². The number of carbonyl (C=O) groups is 1. The van der Waals surface area contributed by atoms with Gasteiger partial charge < -0.3 is 10.1 Å². The lowest BCUT2D eigenvalue weighted by atomic mass is 10.2. The van der Waals surface area contributed by atoms with Crippen molar-refractivity contribution in [2.75, 3.05) is 31.3 Å². The first kappa shape index (κ1) is 16.4. The third-order valence-electron chi connectivity index (χ3n) is 2.31. The van der Waals surface area contributed by atoms with Gasteiger partial charge in [-0.25, -0.2) is 22.9 Å². The molecule has 0 unspecified atom stereocenters. The van der Waals surface area contributed by atoms with Crippen LogP contribution in [0.1, 0.15) is 23.7 Å². The van der Waals surface area contributed by atoms with E-state index in [0.29, 0.717) is 37.5 Å². The first-order chi connectivity index (χ1) is 9.44. The monoisotopic (exact) mass is 301 g/mol. The maximum Gasteiger partial charge on any atom is 0.341 e. The van der Waals surface area contributed by atoms with E-state index in [0.717, 1.165) is 6.26 Å². The van der Waals surface area contributed by atoms with Crippen molar-refractivity contribution in [3.8, 4) is 0 Å². The summed E-state index contributed by atoms with van der Waals surface area (Å²) in [4.78, 5) is 15.8. The van der Waals surface area contributed by atoms with Crippen LogP contribution < -0.4 is 10.0 Å². The largest absolute Gasteiger partial charge is 0.462 e. The molecule has 0 fully saturated rings. The maximum absolute atomic E-state index is 11.7. The minimum atomic E-state index is -3.17. The first-order valence-electron chi connectivity index (χ1n) is 6.24. The number of anilines is 1. The van der Waals surface area contributed by atoms with Crippen LogP contribution in [0.15, 0.2) is 18.3 Å². The zero-order chi connectivity index (χ0) is 15.0. The van der Waals surface area contributed by atoms with Gasteiger partial charge in [0.25, 0.3) is 0 Å². The molecule has 0 atom stereocenters. The molecule has 2 N–H and O–H groups in total. The molecule has 0 aromatic carbocycles. The summed E-state index contributed by atoms with van der Waals surface area (Å²) in [5.74, 6) is 0.00247. The quantitative estimate of drug-likeness (QED) is 0.539. The lowest BCUT2D eigenvalue weighted by molar-refractivity contribution is 0.0527. The topological polar surface area (TPSA) is 97.4 Å². The summed E-state index contributed by atoms with van der Waals surface area (Å²) in [5, 5.41) is 2.99. The summed E-state index contributed by atoms with van der Waals surface area (Å²) in [6.07, 6.45) is 3.25. The molecule has 0 saturated heterocycles. The Morgan fingerprint density at radius 3 is 2.80 bits per heavy atom. The fraction of sp³-hybridized carbons (Fsp3) is 0.500. The molecule has 7 nitrogen and oxygen atoms in total. The Morgan fingerprint density at radius 1 is 1.40 bits per heavy atom. The van der Waals surface area contributed by atoms with Gasteiger partial charge in [-0.05, 0) is 25.5 Å². The average Bonchev–Trinajstić information content (AvgIpc) is 2.38. The number of sulfonamides is 1.